The minimum Gasteiger partial charge on any atom is -0.212 e. The van der Waals surface area contributed by atoms with Crippen molar-refractivity contribution in [2.75, 3.05) is 5.75 Å². The second kappa shape index (κ2) is 8.05. The van der Waals surface area contributed by atoms with E-state index in [1.807, 2.05) is 18.2 Å². The van der Waals surface area contributed by atoms with Crippen molar-refractivity contribution in [2.24, 2.45) is 0 Å². The monoisotopic (exact) mass is 431 g/mol. The summed E-state index contributed by atoms with van der Waals surface area (Å²) in [5, 5.41) is 0. The van der Waals surface area contributed by atoms with Crippen LogP contribution in [0.15, 0.2) is 36.4 Å². The van der Waals surface area contributed by atoms with Gasteiger partial charge in [0, 0.05) is 11.9 Å². The number of nitrogens with one attached hydrogen (secondary N) is 1. The average Bonchev–Trinajstić information content (AvgIpc) is 3.01. The molecule has 8 heteroatoms. The summed E-state index contributed by atoms with van der Waals surface area (Å²) in [6.07, 6.45) is -2.86. The van der Waals surface area contributed by atoms with E-state index >= 15 is 0 Å². The van der Waals surface area contributed by atoms with Gasteiger partial charge in [-0.05, 0) is 66.1 Å². The second-order valence-corrected chi connectivity index (χ2v) is 9.39. The summed E-state index contributed by atoms with van der Waals surface area (Å²) in [5.41, 5.74) is 3.27. The molecule has 1 atom stereocenters. The van der Waals surface area contributed by atoms with Crippen molar-refractivity contribution in [3.8, 4) is 0 Å². The molecule has 0 amide bonds. The highest BCUT2D eigenvalue weighted by molar-refractivity contribution is 7.89. The topological polar surface area (TPSA) is 46.2 Å². The van der Waals surface area contributed by atoms with E-state index < -0.39 is 21.8 Å². The van der Waals surface area contributed by atoms with Gasteiger partial charge in [0.25, 0.3) is 0 Å². The van der Waals surface area contributed by atoms with Crippen LogP contribution in [-0.2, 0) is 41.3 Å². The van der Waals surface area contributed by atoms with E-state index in [1.165, 1.54) is 0 Å². The number of benzene rings is 2. The van der Waals surface area contributed by atoms with Crippen LogP contribution < -0.4 is 4.72 Å². The molecule has 0 aromatic heterocycles. The van der Waals surface area contributed by atoms with Crippen molar-refractivity contribution >= 4 is 21.6 Å². The summed E-state index contributed by atoms with van der Waals surface area (Å²) in [6, 6.07) is 9.51. The number of rotatable bonds is 6. The quantitative estimate of drug-likeness (QED) is 0.687. The number of halogens is 4. The van der Waals surface area contributed by atoms with Gasteiger partial charge >= 0.3 is 6.18 Å². The molecule has 2 aromatic carbocycles. The van der Waals surface area contributed by atoms with Crippen LogP contribution in [0.4, 0.5) is 13.2 Å². The van der Waals surface area contributed by atoms with Gasteiger partial charge in [0.05, 0.1) is 11.3 Å². The van der Waals surface area contributed by atoms with Gasteiger partial charge < -0.3 is 0 Å². The summed E-state index contributed by atoms with van der Waals surface area (Å²) in [5.74, 6) is 0.0455. The first-order valence-electron chi connectivity index (χ1n) is 8.96. The van der Waals surface area contributed by atoms with E-state index in [-0.39, 0.29) is 17.7 Å². The van der Waals surface area contributed by atoms with Crippen LogP contribution in [0.3, 0.4) is 0 Å². The van der Waals surface area contributed by atoms with Gasteiger partial charge in [-0.15, -0.1) is 11.6 Å². The molecule has 0 bridgehead atoms. The third kappa shape index (κ3) is 5.07. The smallest absolute Gasteiger partial charge is 0.212 e. The predicted octanol–water partition coefficient (Wildman–Crippen LogP) is 4.44. The van der Waals surface area contributed by atoms with Crippen LogP contribution in [-0.4, -0.2) is 20.2 Å². The van der Waals surface area contributed by atoms with Crippen LogP contribution in [0.25, 0.3) is 0 Å². The highest BCUT2D eigenvalue weighted by Crippen LogP contribution is 2.32. The minimum absolute atomic E-state index is 0.0142. The number of fused-ring (bicyclic) bond motifs is 1. The zero-order valence-corrected chi connectivity index (χ0v) is 16.9. The first-order chi connectivity index (χ1) is 13.1. The molecule has 1 N–H and O–H groups in total. The van der Waals surface area contributed by atoms with Crippen LogP contribution in [0.1, 0.15) is 40.3 Å². The van der Waals surface area contributed by atoms with E-state index in [4.69, 9.17) is 11.6 Å². The van der Waals surface area contributed by atoms with Crippen molar-refractivity contribution in [3.05, 3.63) is 69.8 Å². The number of alkyl halides is 4. The molecule has 3 nitrogen and oxygen atoms in total. The predicted molar refractivity (Wildman–Crippen MR) is 104 cm³/mol. The fraction of sp³-hybridized carbons (Fsp3) is 0.400. The standard InChI is InChI=1S/C20H21ClF3NO2S/c1-2-28(26,27)25-19-10-16-4-3-13(7-17(16)11-19)5-14-6-15(12-21)9-18(8-14)20(22,23)24/h3-4,6-9,19,25H,2,5,10-12H2,1H3/t19-/m0/s1. The zero-order chi connectivity index (χ0) is 20.5. The maximum atomic E-state index is 13.1. The van der Waals surface area contributed by atoms with Gasteiger partial charge in [-0.25, -0.2) is 13.1 Å². The molecule has 3 rings (SSSR count). The van der Waals surface area contributed by atoms with Crippen LogP contribution >= 0.6 is 11.6 Å². The highest BCUT2D eigenvalue weighted by atomic mass is 35.5. The van der Waals surface area contributed by atoms with Gasteiger partial charge in [-0.3, -0.25) is 0 Å². The Kier molecular flexibility index (Phi) is 6.08. The summed E-state index contributed by atoms with van der Waals surface area (Å²) >= 11 is 5.76. The van der Waals surface area contributed by atoms with E-state index in [2.05, 4.69) is 4.72 Å². The van der Waals surface area contributed by atoms with Crippen LogP contribution in [0.5, 0.6) is 0 Å². The third-order valence-electron chi connectivity index (χ3n) is 4.87. The Morgan fingerprint density at radius 2 is 1.71 bits per heavy atom. The van der Waals surface area contributed by atoms with Crippen molar-refractivity contribution < 1.29 is 21.6 Å². The molecule has 0 radical (unpaired) electrons. The number of hydrogen-bond donors (Lipinski definition) is 1. The minimum atomic E-state index is -4.42. The maximum absolute atomic E-state index is 13.1. The maximum Gasteiger partial charge on any atom is 0.416 e. The molecule has 2 aromatic rings. The molecule has 28 heavy (non-hydrogen) atoms. The Morgan fingerprint density at radius 3 is 2.36 bits per heavy atom. The molecule has 0 unspecified atom stereocenters. The molecule has 0 saturated carbocycles. The molecule has 152 valence electrons. The van der Waals surface area contributed by atoms with Crippen LogP contribution in [0, 0.1) is 0 Å². The van der Waals surface area contributed by atoms with E-state index in [1.54, 1.807) is 13.0 Å². The molecule has 0 spiro atoms. The third-order valence-corrected chi connectivity index (χ3v) is 6.63. The van der Waals surface area contributed by atoms with Gasteiger partial charge in [0.2, 0.25) is 10.0 Å². The summed E-state index contributed by atoms with van der Waals surface area (Å²) in [4.78, 5) is 0. The normalized spacial score (nSPS) is 17.0. The fourth-order valence-corrected chi connectivity index (χ4v) is 4.54. The van der Waals surface area contributed by atoms with E-state index in [0.717, 1.165) is 28.8 Å². The van der Waals surface area contributed by atoms with Gasteiger partial charge in [-0.1, -0.05) is 24.3 Å². The van der Waals surface area contributed by atoms with E-state index in [9.17, 15) is 21.6 Å². The Bertz CT molecular complexity index is 974. The summed E-state index contributed by atoms with van der Waals surface area (Å²) < 4.78 is 65.6. The first-order valence-corrected chi connectivity index (χ1v) is 11.1. The van der Waals surface area contributed by atoms with Crippen molar-refractivity contribution in [3.63, 3.8) is 0 Å². The molecule has 1 aliphatic carbocycles. The number of sulfonamides is 1. The number of hydrogen-bond acceptors (Lipinski definition) is 2. The fourth-order valence-electron chi connectivity index (χ4n) is 3.54. The first kappa shape index (κ1) is 21.1. The lowest BCUT2D eigenvalue weighted by Crippen LogP contribution is -2.36. The largest absolute Gasteiger partial charge is 0.416 e. The second-order valence-electron chi connectivity index (χ2n) is 7.08. The molecule has 0 fully saturated rings. The summed E-state index contributed by atoms with van der Waals surface area (Å²) in [7, 11) is -3.27. The highest BCUT2D eigenvalue weighted by Gasteiger charge is 2.31. The Labute approximate surface area is 168 Å². The Hall–Kier alpha value is -1.57. The lowest BCUT2D eigenvalue weighted by atomic mass is 9.97. The molecule has 0 heterocycles. The van der Waals surface area contributed by atoms with Crippen molar-refractivity contribution in [1.82, 2.24) is 4.72 Å². The van der Waals surface area contributed by atoms with Gasteiger partial charge in [-0.2, -0.15) is 13.2 Å². The van der Waals surface area contributed by atoms with E-state index in [0.29, 0.717) is 30.4 Å². The molecule has 1 aliphatic rings. The summed E-state index contributed by atoms with van der Waals surface area (Å²) in [6.45, 7) is 1.59. The molecular formula is C20H21ClF3NO2S. The molecular weight excluding hydrogens is 411 g/mol. The Morgan fingerprint density at radius 1 is 1.04 bits per heavy atom. The van der Waals surface area contributed by atoms with Crippen molar-refractivity contribution in [1.29, 1.82) is 0 Å². The Balaban J connectivity index is 1.80. The lowest BCUT2D eigenvalue weighted by Gasteiger charge is -2.12. The SMILES string of the molecule is CCS(=O)(=O)N[C@H]1Cc2ccc(Cc3cc(CCl)cc(C(F)(F)F)c3)cc2C1. The van der Waals surface area contributed by atoms with Gasteiger partial charge in [0.1, 0.15) is 0 Å². The zero-order valence-electron chi connectivity index (χ0n) is 15.3. The van der Waals surface area contributed by atoms with Crippen molar-refractivity contribution in [2.45, 2.75) is 44.3 Å². The lowest BCUT2D eigenvalue weighted by molar-refractivity contribution is -0.137. The average molecular weight is 432 g/mol. The van der Waals surface area contributed by atoms with Gasteiger partial charge in [0.15, 0.2) is 0 Å². The molecule has 0 aliphatic heterocycles. The molecule has 0 saturated heterocycles. The van der Waals surface area contributed by atoms with Crippen LogP contribution in [0.2, 0.25) is 0 Å².